The van der Waals surface area contributed by atoms with Gasteiger partial charge >= 0.3 is 0 Å². The fraction of sp³-hybridized carbons (Fsp3) is 0.579. The SMILES string of the molecule is CC(N)C(C)C(=O)NCCCC(=O)N1CCN(c2ccccc2)CC1. The van der Waals surface area contributed by atoms with E-state index in [9.17, 15) is 9.59 Å². The van der Waals surface area contributed by atoms with Crippen LogP contribution >= 0.6 is 0 Å². The van der Waals surface area contributed by atoms with Gasteiger partial charge in [-0.25, -0.2) is 0 Å². The molecule has 0 radical (unpaired) electrons. The van der Waals surface area contributed by atoms with Crippen LogP contribution in [0.25, 0.3) is 0 Å². The van der Waals surface area contributed by atoms with E-state index in [4.69, 9.17) is 5.73 Å². The molecule has 1 aliphatic heterocycles. The van der Waals surface area contributed by atoms with E-state index >= 15 is 0 Å². The molecular weight excluding hydrogens is 316 g/mol. The number of amides is 2. The molecular formula is C19H30N4O2. The number of nitrogens with zero attached hydrogens (tertiary/aromatic N) is 2. The summed E-state index contributed by atoms with van der Waals surface area (Å²) in [5.74, 6) is -0.0807. The van der Waals surface area contributed by atoms with Crippen LogP contribution in [0, 0.1) is 5.92 Å². The second-order valence-corrected chi connectivity index (χ2v) is 6.75. The lowest BCUT2D eigenvalue weighted by atomic mass is 10.0. The molecule has 2 rings (SSSR count). The Kier molecular flexibility index (Phi) is 7.25. The summed E-state index contributed by atoms with van der Waals surface area (Å²) in [6, 6.07) is 10.1. The Morgan fingerprint density at radius 3 is 2.36 bits per heavy atom. The molecule has 3 N–H and O–H groups in total. The van der Waals surface area contributed by atoms with Gasteiger partial charge in [-0.15, -0.1) is 0 Å². The van der Waals surface area contributed by atoms with Crippen LogP contribution in [0.1, 0.15) is 26.7 Å². The van der Waals surface area contributed by atoms with E-state index in [1.807, 2.05) is 36.9 Å². The molecule has 0 spiro atoms. The lowest BCUT2D eigenvalue weighted by molar-refractivity contribution is -0.132. The first kappa shape index (κ1) is 19.2. The van der Waals surface area contributed by atoms with Crippen molar-refractivity contribution in [2.75, 3.05) is 37.6 Å². The van der Waals surface area contributed by atoms with Gasteiger partial charge in [-0.3, -0.25) is 9.59 Å². The second-order valence-electron chi connectivity index (χ2n) is 6.75. The molecule has 0 aliphatic carbocycles. The molecule has 1 heterocycles. The van der Waals surface area contributed by atoms with E-state index in [0.29, 0.717) is 19.4 Å². The monoisotopic (exact) mass is 346 g/mol. The summed E-state index contributed by atoms with van der Waals surface area (Å²) in [4.78, 5) is 28.3. The van der Waals surface area contributed by atoms with Crippen LogP contribution in [-0.4, -0.2) is 55.5 Å². The van der Waals surface area contributed by atoms with Crippen molar-refractivity contribution in [3.8, 4) is 0 Å². The maximum absolute atomic E-state index is 12.3. The predicted octanol–water partition coefficient (Wildman–Crippen LogP) is 1.21. The third kappa shape index (κ3) is 5.74. The number of carbonyl (C=O) groups is 2. The topological polar surface area (TPSA) is 78.7 Å². The Hall–Kier alpha value is -2.08. The molecule has 25 heavy (non-hydrogen) atoms. The molecule has 138 valence electrons. The van der Waals surface area contributed by atoms with Gasteiger partial charge in [0.1, 0.15) is 0 Å². The minimum Gasteiger partial charge on any atom is -0.368 e. The second kappa shape index (κ2) is 9.42. The van der Waals surface area contributed by atoms with E-state index in [-0.39, 0.29) is 23.8 Å². The molecule has 6 nitrogen and oxygen atoms in total. The lowest BCUT2D eigenvalue weighted by Gasteiger charge is -2.36. The van der Waals surface area contributed by atoms with Crippen LogP contribution in [0.3, 0.4) is 0 Å². The molecule has 2 atom stereocenters. The number of nitrogens with one attached hydrogen (secondary N) is 1. The van der Waals surface area contributed by atoms with Crippen molar-refractivity contribution in [3.63, 3.8) is 0 Å². The van der Waals surface area contributed by atoms with Gasteiger partial charge in [-0.05, 0) is 25.5 Å². The highest BCUT2D eigenvalue weighted by Gasteiger charge is 2.21. The maximum Gasteiger partial charge on any atom is 0.224 e. The first-order valence-corrected chi connectivity index (χ1v) is 9.10. The Morgan fingerprint density at radius 2 is 1.76 bits per heavy atom. The standard InChI is InChI=1S/C19H30N4O2/c1-15(16(2)20)19(25)21-10-6-9-18(24)23-13-11-22(12-14-23)17-7-4-3-5-8-17/h3-5,7-8,15-16H,6,9-14,20H2,1-2H3,(H,21,25). The molecule has 0 bridgehead atoms. The maximum atomic E-state index is 12.3. The molecule has 1 fully saturated rings. The van der Waals surface area contributed by atoms with Crippen LogP contribution < -0.4 is 16.0 Å². The van der Waals surface area contributed by atoms with E-state index in [1.54, 1.807) is 0 Å². The summed E-state index contributed by atoms with van der Waals surface area (Å²) in [7, 11) is 0. The zero-order chi connectivity index (χ0) is 18.2. The van der Waals surface area contributed by atoms with E-state index < -0.39 is 0 Å². The minimum absolute atomic E-state index is 0.0427. The van der Waals surface area contributed by atoms with Crippen molar-refractivity contribution in [2.24, 2.45) is 11.7 Å². The highest BCUT2D eigenvalue weighted by Crippen LogP contribution is 2.16. The third-order valence-electron chi connectivity index (χ3n) is 4.82. The smallest absolute Gasteiger partial charge is 0.224 e. The summed E-state index contributed by atoms with van der Waals surface area (Å²) in [6.07, 6.45) is 1.13. The molecule has 6 heteroatoms. The highest BCUT2D eigenvalue weighted by atomic mass is 16.2. The average molecular weight is 346 g/mol. The van der Waals surface area contributed by atoms with Crippen molar-refractivity contribution in [3.05, 3.63) is 30.3 Å². The Bertz CT molecular complexity index is 554. The van der Waals surface area contributed by atoms with Crippen LogP contribution in [0.2, 0.25) is 0 Å². The molecule has 1 aromatic carbocycles. The molecule has 1 aliphatic rings. The van der Waals surface area contributed by atoms with E-state index in [1.165, 1.54) is 5.69 Å². The molecule has 2 amide bonds. The van der Waals surface area contributed by atoms with Gasteiger partial charge in [-0.2, -0.15) is 0 Å². The molecule has 0 saturated carbocycles. The number of hydrogen-bond donors (Lipinski definition) is 2. The number of rotatable bonds is 7. The van der Waals surface area contributed by atoms with E-state index in [0.717, 1.165) is 26.2 Å². The summed E-state index contributed by atoms with van der Waals surface area (Å²) < 4.78 is 0. The number of anilines is 1. The Balaban J connectivity index is 1.65. The normalized spacial score (nSPS) is 17.1. The van der Waals surface area contributed by atoms with Gasteiger partial charge in [0.05, 0.1) is 0 Å². The number of piperazine rings is 1. The minimum atomic E-state index is -0.207. The van der Waals surface area contributed by atoms with Crippen LogP contribution in [0.4, 0.5) is 5.69 Å². The summed E-state index contributed by atoms with van der Waals surface area (Å²) >= 11 is 0. The molecule has 2 unspecified atom stereocenters. The van der Waals surface area contributed by atoms with Crippen molar-refractivity contribution in [1.82, 2.24) is 10.2 Å². The summed E-state index contributed by atoms with van der Waals surface area (Å²) in [5, 5.41) is 2.85. The predicted molar refractivity (Wildman–Crippen MR) is 100 cm³/mol. The van der Waals surface area contributed by atoms with E-state index in [2.05, 4.69) is 22.3 Å². The lowest BCUT2D eigenvalue weighted by Crippen LogP contribution is -2.48. The molecule has 1 aromatic rings. The van der Waals surface area contributed by atoms with Crippen LogP contribution in [0.15, 0.2) is 30.3 Å². The zero-order valence-corrected chi connectivity index (χ0v) is 15.3. The van der Waals surface area contributed by atoms with Crippen molar-refractivity contribution < 1.29 is 9.59 Å². The van der Waals surface area contributed by atoms with Gasteiger partial charge in [0, 0.05) is 56.8 Å². The van der Waals surface area contributed by atoms with Crippen molar-refractivity contribution >= 4 is 17.5 Å². The van der Waals surface area contributed by atoms with Crippen LogP contribution in [0.5, 0.6) is 0 Å². The van der Waals surface area contributed by atoms with Gasteiger partial charge in [-0.1, -0.05) is 25.1 Å². The quantitative estimate of drug-likeness (QED) is 0.728. The number of para-hydroxylation sites is 1. The Morgan fingerprint density at radius 1 is 1.12 bits per heavy atom. The number of nitrogens with two attached hydrogens (primary N) is 1. The molecule has 0 aromatic heterocycles. The van der Waals surface area contributed by atoms with Crippen molar-refractivity contribution in [1.29, 1.82) is 0 Å². The van der Waals surface area contributed by atoms with Gasteiger partial charge in [0.2, 0.25) is 11.8 Å². The third-order valence-corrected chi connectivity index (χ3v) is 4.82. The van der Waals surface area contributed by atoms with Crippen molar-refractivity contribution in [2.45, 2.75) is 32.7 Å². The fourth-order valence-corrected chi connectivity index (χ4v) is 2.86. The zero-order valence-electron chi connectivity index (χ0n) is 15.3. The summed E-state index contributed by atoms with van der Waals surface area (Å²) in [5.41, 5.74) is 6.92. The average Bonchev–Trinajstić information content (AvgIpc) is 2.65. The largest absolute Gasteiger partial charge is 0.368 e. The van der Waals surface area contributed by atoms with Crippen LogP contribution in [-0.2, 0) is 9.59 Å². The van der Waals surface area contributed by atoms with Gasteiger partial charge in [0.15, 0.2) is 0 Å². The van der Waals surface area contributed by atoms with Gasteiger partial charge in [0.25, 0.3) is 0 Å². The molecule has 1 saturated heterocycles. The Labute approximate surface area is 150 Å². The number of carbonyl (C=O) groups excluding carboxylic acids is 2. The number of benzene rings is 1. The first-order valence-electron chi connectivity index (χ1n) is 9.10. The fourth-order valence-electron chi connectivity index (χ4n) is 2.86. The number of hydrogen-bond acceptors (Lipinski definition) is 4. The van der Waals surface area contributed by atoms with Gasteiger partial charge < -0.3 is 20.9 Å². The summed E-state index contributed by atoms with van der Waals surface area (Å²) in [6.45, 7) is 7.38. The first-order chi connectivity index (χ1) is 12.0. The highest BCUT2D eigenvalue weighted by molar-refractivity contribution is 5.79.